The van der Waals surface area contributed by atoms with Gasteiger partial charge in [0.2, 0.25) is 0 Å². The lowest BCUT2D eigenvalue weighted by molar-refractivity contribution is -0.0261. The fourth-order valence-electron chi connectivity index (χ4n) is 2.78. The number of nitrogens with two attached hydrogens (primary N) is 1. The van der Waals surface area contributed by atoms with E-state index in [1.807, 2.05) is 24.3 Å². The number of hydrogen-bond acceptors (Lipinski definition) is 5. The first kappa shape index (κ1) is 15.0. The minimum Gasteiger partial charge on any atom is -0.497 e. The Morgan fingerprint density at radius 3 is 3.09 bits per heavy atom. The lowest BCUT2D eigenvalue weighted by Gasteiger charge is -2.32. The SMILES string of the molecule is COc1ccc2[nH]c(=O)c(CN3CCOC(CN)C3)cc2c1. The van der Waals surface area contributed by atoms with E-state index in [1.165, 1.54) is 0 Å². The van der Waals surface area contributed by atoms with Crippen LogP contribution in [0.4, 0.5) is 0 Å². The fourth-order valence-corrected chi connectivity index (χ4v) is 2.78. The number of ether oxygens (including phenoxy) is 2. The normalized spacial score (nSPS) is 19.5. The molecule has 1 aromatic heterocycles. The van der Waals surface area contributed by atoms with E-state index in [0.717, 1.165) is 35.3 Å². The number of hydrogen-bond donors (Lipinski definition) is 2. The zero-order chi connectivity index (χ0) is 15.5. The maximum absolute atomic E-state index is 12.2. The molecule has 0 radical (unpaired) electrons. The molecule has 3 rings (SSSR count). The molecule has 0 spiro atoms. The van der Waals surface area contributed by atoms with Crippen LogP contribution in [-0.4, -0.2) is 49.3 Å². The highest BCUT2D eigenvalue weighted by atomic mass is 16.5. The number of fused-ring (bicyclic) bond motifs is 1. The van der Waals surface area contributed by atoms with Crippen LogP contribution in [0.3, 0.4) is 0 Å². The summed E-state index contributed by atoms with van der Waals surface area (Å²) in [6.07, 6.45) is 0.0494. The van der Waals surface area contributed by atoms with Crippen molar-refractivity contribution < 1.29 is 9.47 Å². The van der Waals surface area contributed by atoms with Crippen LogP contribution in [0.25, 0.3) is 10.9 Å². The summed E-state index contributed by atoms with van der Waals surface area (Å²) < 4.78 is 10.8. The highest BCUT2D eigenvalue weighted by Crippen LogP contribution is 2.19. The van der Waals surface area contributed by atoms with Crippen molar-refractivity contribution in [2.45, 2.75) is 12.6 Å². The van der Waals surface area contributed by atoms with E-state index in [9.17, 15) is 4.79 Å². The number of benzene rings is 1. The van der Waals surface area contributed by atoms with E-state index < -0.39 is 0 Å². The molecule has 0 amide bonds. The van der Waals surface area contributed by atoms with Gasteiger partial charge < -0.3 is 20.2 Å². The van der Waals surface area contributed by atoms with Crippen LogP contribution >= 0.6 is 0 Å². The first-order chi connectivity index (χ1) is 10.7. The molecule has 22 heavy (non-hydrogen) atoms. The number of morpholine rings is 1. The van der Waals surface area contributed by atoms with E-state index in [4.69, 9.17) is 15.2 Å². The molecule has 0 saturated carbocycles. The number of pyridine rings is 1. The molecule has 1 unspecified atom stereocenters. The predicted molar refractivity (Wildman–Crippen MR) is 85.2 cm³/mol. The molecule has 2 aromatic rings. The molecule has 118 valence electrons. The van der Waals surface area contributed by atoms with Crippen molar-refractivity contribution >= 4 is 10.9 Å². The predicted octanol–water partition coefficient (Wildman–Crippen LogP) is 0.696. The van der Waals surface area contributed by atoms with E-state index in [0.29, 0.717) is 19.7 Å². The molecular formula is C16H21N3O3. The summed E-state index contributed by atoms with van der Waals surface area (Å²) in [5.41, 5.74) is 7.18. The van der Waals surface area contributed by atoms with Gasteiger partial charge in [-0.25, -0.2) is 0 Å². The number of nitrogens with one attached hydrogen (secondary N) is 1. The summed E-state index contributed by atoms with van der Waals surface area (Å²) in [5.74, 6) is 0.778. The number of aromatic amines is 1. The van der Waals surface area contributed by atoms with Gasteiger partial charge in [-0.2, -0.15) is 0 Å². The minimum atomic E-state index is -0.0477. The third kappa shape index (κ3) is 3.14. The van der Waals surface area contributed by atoms with Gasteiger partial charge in [0.05, 0.1) is 19.8 Å². The van der Waals surface area contributed by atoms with E-state index in [2.05, 4.69) is 9.88 Å². The van der Waals surface area contributed by atoms with Crippen molar-refractivity contribution in [3.63, 3.8) is 0 Å². The molecule has 1 aliphatic heterocycles. The van der Waals surface area contributed by atoms with Crippen LogP contribution in [0.5, 0.6) is 5.75 Å². The zero-order valence-electron chi connectivity index (χ0n) is 12.7. The molecule has 1 fully saturated rings. The highest BCUT2D eigenvalue weighted by Gasteiger charge is 2.20. The Balaban J connectivity index is 1.86. The summed E-state index contributed by atoms with van der Waals surface area (Å²) in [5, 5.41) is 0.970. The van der Waals surface area contributed by atoms with Crippen LogP contribution in [0.1, 0.15) is 5.56 Å². The summed E-state index contributed by atoms with van der Waals surface area (Å²) in [6, 6.07) is 7.56. The lowest BCUT2D eigenvalue weighted by atomic mass is 10.1. The van der Waals surface area contributed by atoms with Gasteiger partial charge in [0.25, 0.3) is 5.56 Å². The van der Waals surface area contributed by atoms with Crippen LogP contribution < -0.4 is 16.0 Å². The standard InChI is InChI=1S/C16H21N3O3/c1-21-13-2-3-15-11(7-13)6-12(16(20)18-15)9-19-4-5-22-14(8-17)10-19/h2-3,6-7,14H,4-5,8-10,17H2,1H3,(H,18,20). The van der Waals surface area contributed by atoms with Crippen molar-refractivity contribution in [2.24, 2.45) is 5.73 Å². The van der Waals surface area contributed by atoms with E-state index >= 15 is 0 Å². The third-order valence-corrected chi connectivity index (χ3v) is 4.01. The second-order valence-corrected chi connectivity index (χ2v) is 5.54. The van der Waals surface area contributed by atoms with Crippen LogP contribution in [0.15, 0.2) is 29.1 Å². The number of H-pyrrole nitrogens is 1. The maximum Gasteiger partial charge on any atom is 0.252 e. The largest absolute Gasteiger partial charge is 0.497 e. The molecule has 2 heterocycles. The van der Waals surface area contributed by atoms with E-state index in [1.54, 1.807) is 7.11 Å². The van der Waals surface area contributed by atoms with Gasteiger partial charge in [0, 0.05) is 42.6 Å². The molecule has 6 heteroatoms. The number of rotatable bonds is 4. The number of nitrogens with zero attached hydrogens (tertiary/aromatic N) is 1. The zero-order valence-corrected chi connectivity index (χ0v) is 12.7. The molecule has 1 atom stereocenters. The molecule has 1 saturated heterocycles. The topological polar surface area (TPSA) is 80.6 Å². The van der Waals surface area contributed by atoms with Crippen molar-refractivity contribution in [3.05, 3.63) is 40.2 Å². The molecule has 6 nitrogen and oxygen atoms in total. The lowest BCUT2D eigenvalue weighted by Crippen LogP contribution is -2.45. The van der Waals surface area contributed by atoms with Crippen molar-refractivity contribution in [1.29, 1.82) is 0 Å². The Labute approximate surface area is 128 Å². The maximum atomic E-state index is 12.2. The first-order valence-corrected chi connectivity index (χ1v) is 7.43. The molecule has 0 aliphatic carbocycles. The number of methoxy groups -OCH3 is 1. The van der Waals surface area contributed by atoms with Crippen molar-refractivity contribution in [3.8, 4) is 5.75 Å². The molecule has 0 bridgehead atoms. The Bertz CT molecular complexity index is 713. The quantitative estimate of drug-likeness (QED) is 0.869. The molecule has 3 N–H and O–H groups in total. The van der Waals surface area contributed by atoms with E-state index in [-0.39, 0.29) is 11.7 Å². The third-order valence-electron chi connectivity index (χ3n) is 4.01. The Morgan fingerprint density at radius 1 is 1.45 bits per heavy atom. The van der Waals surface area contributed by atoms with Crippen LogP contribution in [0, 0.1) is 0 Å². The summed E-state index contributed by atoms with van der Waals surface area (Å²) in [6.45, 7) is 3.32. The Morgan fingerprint density at radius 2 is 2.32 bits per heavy atom. The summed E-state index contributed by atoms with van der Waals surface area (Å²) in [4.78, 5) is 17.4. The fraction of sp³-hybridized carbons (Fsp3) is 0.438. The monoisotopic (exact) mass is 303 g/mol. The number of aromatic nitrogens is 1. The summed E-state index contributed by atoms with van der Waals surface area (Å²) in [7, 11) is 1.63. The van der Waals surface area contributed by atoms with Gasteiger partial charge >= 0.3 is 0 Å². The molecular weight excluding hydrogens is 282 g/mol. The molecule has 1 aromatic carbocycles. The van der Waals surface area contributed by atoms with Crippen LogP contribution in [-0.2, 0) is 11.3 Å². The van der Waals surface area contributed by atoms with Gasteiger partial charge in [0.1, 0.15) is 5.75 Å². The van der Waals surface area contributed by atoms with Gasteiger partial charge in [-0.15, -0.1) is 0 Å². The average molecular weight is 303 g/mol. The molecule has 1 aliphatic rings. The second kappa shape index (κ2) is 6.48. The van der Waals surface area contributed by atoms with Gasteiger partial charge in [0.15, 0.2) is 0 Å². The smallest absolute Gasteiger partial charge is 0.252 e. The first-order valence-electron chi connectivity index (χ1n) is 7.43. The van der Waals surface area contributed by atoms with Gasteiger partial charge in [-0.05, 0) is 24.3 Å². The summed E-state index contributed by atoms with van der Waals surface area (Å²) >= 11 is 0. The Hall–Kier alpha value is -1.89. The van der Waals surface area contributed by atoms with Crippen molar-refractivity contribution in [2.75, 3.05) is 33.4 Å². The van der Waals surface area contributed by atoms with Gasteiger partial charge in [-0.3, -0.25) is 9.69 Å². The second-order valence-electron chi connectivity index (χ2n) is 5.54. The van der Waals surface area contributed by atoms with Crippen molar-refractivity contribution in [1.82, 2.24) is 9.88 Å². The van der Waals surface area contributed by atoms with Gasteiger partial charge in [-0.1, -0.05) is 0 Å². The Kier molecular flexibility index (Phi) is 4.42. The minimum absolute atomic E-state index is 0.0477. The average Bonchev–Trinajstić information content (AvgIpc) is 2.55. The highest BCUT2D eigenvalue weighted by molar-refractivity contribution is 5.80. The van der Waals surface area contributed by atoms with Crippen LogP contribution in [0.2, 0.25) is 0 Å².